The molecule has 1 aromatic heterocycles. The van der Waals surface area contributed by atoms with Gasteiger partial charge in [-0.1, -0.05) is 6.07 Å². The van der Waals surface area contributed by atoms with Crippen LogP contribution in [0.15, 0.2) is 48.8 Å². The van der Waals surface area contributed by atoms with Gasteiger partial charge in [0.05, 0.1) is 7.11 Å². The minimum atomic E-state index is 0.0161. The summed E-state index contributed by atoms with van der Waals surface area (Å²) in [5, 5.41) is 6.05. The molecule has 1 aromatic carbocycles. The fourth-order valence-electron chi connectivity index (χ4n) is 2.03. The zero-order chi connectivity index (χ0) is 17.0. The Bertz CT molecular complexity index is 603. The van der Waals surface area contributed by atoms with E-state index < -0.39 is 0 Å². The molecule has 0 aliphatic carbocycles. The third-order valence-electron chi connectivity index (χ3n) is 3.35. The van der Waals surface area contributed by atoms with E-state index in [1.165, 1.54) is 0 Å². The Morgan fingerprint density at radius 2 is 1.92 bits per heavy atom. The molecule has 0 aliphatic rings. The number of hydrogen-bond donors (Lipinski definition) is 2. The average molecular weight is 329 g/mol. The van der Waals surface area contributed by atoms with Crippen LogP contribution in [0.4, 0.5) is 0 Å². The molecule has 2 aromatic rings. The van der Waals surface area contributed by atoms with Gasteiger partial charge in [0.1, 0.15) is 18.1 Å². The molecular weight excluding hydrogens is 306 g/mol. The zero-order valence-electron chi connectivity index (χ0n) is 13.8. The molecule has 0 fully saturated rings. The first-order valence-electron chi connectivity index (χ1n) is 7.91. The Morgan fingerprint density at radius 3 is 2.62 bits per heavy atom. The molecule has 1 heterocycles. The Balaban J connectivity index is 1.50. The van der Waals surface area contributed by atoms with Crippen LogP contribution < -0.4 is 20.1 Å². The number of carbonyl (C=O) groups is 1. The quantitative estimate of drug-likeness (QED) is 0.650. The van der Waals surface area contributed by atoms with E-state index in [2.05, 4.69) is 15.6 Å². The molecule has 0 saturated carbocycles. The normalized spacial score (nSPS) is 10.2. The third-order valence-corrected chi connectivity index (χ3v) is 3.35. The van der Waals surface area contributed by atoms with Crippen molar-refractivity contribution in [2.45, 2.75) is 13.0 Å². The number of nitrogens with zero attached hydrogens (tertiary/aromatic N) is 1. The number of amides is 1. The highest BCUT2D eigenvalue weighted by Crippen LogP contribution is 2.16. The summed E-state index contributed by atoms with van der Waals surface area (Å²) >= 11 is 0. The van der Waals surface area contributed by atoms with Crippen molar-refractivity contribution in [3.63, 3.8) is 0 Å². The van der Waals surface area contributed by atoms with Crippen LogP contribution in [0.5, 0.6) is 11.5 Å². The number of pyridine rings is 1. The maximum Gasteiger partial charge on any atom is 0.221 e. The molecule has 0 aliphatic heterocycles. The molecule has 1 amide bonds. The van der Waals surface area contributed by atoms with Crippen LogP contribution in [0.3, 0.4) is 0 Å². The van der Waals surface area contributed by atoms with Crippen LogP contribution in [0.25, 0.3) is 0 Å². The Kier molecular flexibility index (Phi) is 7.56. The Labute approximate surface area is 142 Å². The maximum atomic E-state index is 11.7. The second-order valence-electron chi connectivity index (χ2n) is 5.16. The van der Waals surface area contributed by atoms with E-state index >= 15 is 0 Å². The molecule has 6 heteroatoms. The van der Waals surface area contributed by atoms with E-state index in [9.17, 15) is 4.79 Å². The number of carbonyl (C=O) groups excluding carboxylic acids is 1. The first-order chi connectivity index (χ1) is 11.8. The van der Waals surface area contributed by atoms with Gasteiger partial charge in [-0.05, 0) is 35.9 Å². The highest BCUT2D eigenvalue weighted by Gasteiger charge is 2.01. The molecule has 0 atom stereocenters. The molecule has 0 spiro atoms. The summed E-state index contributed by atoms with van der Waals surface area (Å²) < 4.78 is 10.7. The highest BCUT2D eigenvalue weighted by atomic mass is 16.5. The molecular formula is C18H23N3O3. The minimum absolute atomic E-state index is 0.0161. The lowest BCUT2D eigenvalue weighted by molar-refractivity contribution is -0.121. The lowest BCUT2D eigenvalue weighted by atomic mass is 10.3. The van der Waals surface area contributed by atoms with E-state index in [1.807, 2.05) is 36.4 Å². The summed E-state index contributed by atoms with van der Waals surface area (Å²) in [6, 6.07) is 11.2. The van der Waals surface area contributed by atoms with Gasteiger partial charge in [-0.15, -0.1) is 0 Å². The standard InChI is InChI=1S/C18H23N3O3/c1-23-16-4-6-17(7-5-16)24-12-11-19-10-8-18(22)21-14-15-3-2-9-20-13-15/h2-7,9,13,19H,8,10-12,14H2,1H3,(H,21,22). The molecule has 24 heavy (non-hydrogen) atoms. The average Bonchev–Trinajstić information content (AvgIpc) is 2.64. The predicted octanol–water partition coefficient (Wildman–Crippen LogP) is 1.77. The van der Waals surface area contributed by atoms with Gasteiger partial charge < -0.3 is 20.1 Å². The molecule has 2 rings (SSSR count). The Hall–Kier alpha value is -2.60. The summed E-state index contributed by atoms with van der Waals surface area (Å²) in [5.41, 5.74) is 0.992. The van der Waals surface area contributed by atoms with E-state index in [1.54, 1.807) is 19.5 Å². The number of hydrogen-bond acceptors (Lipinski definition) is 5. The maximum absolute atomic E-state index is 11.7. The second-order valence-corrected chi connectivity index (χ2v) is 5.16. The lowest BCUT2D eigenvalue weighted by Gasteiger charge is -2.08. The van der Waals surface area contributed by atoms with Crippen LogP contribution in [-0.4, -0.2) is 37.7 Å². The molecule has 0 radical (unpaired) electrons. The van der Waals surface area contributed by atoms with Crippen molar-refractivity contribution in [3.05, 3.63) is 54.4 Å². The van der Waals surface area contributed by atoms with Gasteiger partial charge >= 0.3 is 0 Å². The van der Waals surface area contributed by atoms with Crippen LogP contribution in [0.1, 0.15) is 12.0 Å². The summed E-state index contributed by atoms with van der Waals surface area (Å²) in [6.45, 7) is 2.35. The number of aromatic nitrogens is 1. The molecule has 0 saturated heterocycles. The predicted molar refractivity (Wildman–Crippen MR) is 92.1 cm³/mol. The van der Waals surface area contributed by atoms with Crippen LogP contribution in [0.2, 0.25) is 0 Å². The smallest absolute Gasteiger partial charge is 0.221 e. The Morgan fingerprint density at radius 1 is 1.12 bits per heavy atom. The van der Waals surface area contributed by atoms with Gasteiger partial charge in [0.15, 0.2) is 0 Å². The molecule has 0 unspecified atom stereocenters. The fraction of sp³-hybridized carbons (Fsp3) is 0.333. The number of rotatable bonds is 10. The monoisotopic (exact) mass is 329 g/mol. The van der Waals surface area contributed by atoms with Crippen molar-refractivity contribution >= 4 is 5.91 Å². The van der Waals surface area contributed by atoms with Gasteiger partial charge in [-0.2, -0.15) is 0 Å². The third kappa shape index (κ3) is 6.66. The minimum Gasteiger partial charge on any atom is -0.497 e. The van der Waals surface area contributed by atoms with Crippen LogP contribution in [-0.2, 0) is 11.3 Å². The van der Waals surface area contributed by atoms with E-state index in [0.29, 0.717) is 32.7 Å². The first-order valence-corrected chi connectivity index (χ1v) is 7.91. The van der Waals surface area contributed by atoms with E-state index in [4.69, 9.17) is 9.47 Å². The van der Waals surface area contributed by atoms with Gasteiger partial charge in [0.2, 0.25) is 5.91 Å². The van der Waals surface area contributed by atoms with Crippen molar-refractivity contribution in [2.24, 2.45) is 0 Å². The van der Waals surface area contributed by atoms with Gasteiger partial charge in [-0.25, -0.2) is 0 Å². The number of benzene rings is 1. The zero-order valence-corrected chi connectivity index (χ0v) is 13.8. The van der Waals surface area contributed by atoms with Crippen molar-refractivity contribution in [1.29, 1.82) is 0 Å². The number of methoxy groups -OCH3 is 1. The largest absolute Gasteiger partial charge is 0.497 e. The van der Waals surface area contributed by atoms with Gasteiger partial charge in [-0.3, -0.25) is 9.78 Å². The topological polar surface area (TPSA) is 72.5 Å². The fourth-order valence-corrected chi connectivity index (χ4v) is 2.03. The summed E-state index contributed by atoms with van der Waals surface area (Å²) in [4.78, 5) is 15.7. The van der Waals surface area contributed by atoms with Gasteiger partial charge in [0, 0.05) is 38.4 Å². The molecule has 128 valence electrons. The van der Waals surface area contributed by atoms with Crippen molar-refractivity contribution in [2.75, 3.05) is 26.8 Å². The van der Waals surface area contributed by atoms with Crippen LogP contribution in [0, 0.1) is 0 Å². The van der Waals surface area contributed by atoms with Crippen molar-refractivity contribution < 1.29 is 14.3 Å². The van der Waals surface area contributed by atoms with E-state index in [-0.39, 0.29) is 5.91 Å². The van der Waals surface area contributed by atoms with Crippen molar-refractivity contribution in [3.8, 4) is 11.5 Å². The van der Waals surface area contributed by atoms with Crippen molar-refractivity contribution in [1.82, 2.24) is 15.6 Å². The molecule has 2 N–H and O–H groups in total. The number of ether oxygens (including phenoxy) is 2. The SMILES string of the molecule is COc1ccc(OCCNCCC(=O)NCc2cccnc2)cc1. The molecule has 0 bridgehead atoms. The summed E-state index contributed by atoms with van der Waals surface area (Å²) in [6.07, 6.45) is 3.89. The first kappa shape index (κ1) is 17.7. The summed E-state index contributed by atoms with van der Waals surface area (Å²) in [5.74, 6) is 1.62. The molecule has 6 nitrogen and oxygen atoms in total. The van der Waals surface area contributed by atoms with E-state index in [0.717, 1.165) is 17.1 Å². The summed E-state index contributed by atoms with van der Waals surface area (Å²) in [7, 11) is 1.63. The second kappa shape index (κ2) is 10.2. The van der Waals surface area contributed by atoms with Crippen LogP contribution >= 0.6 is 0 Å². The lowest BCUT2D eigenvalue weighted by Crippen LogP contribution is -2.29. The number of nitrogens with one attached hydrogen (secondary N) is 2. The van der Waals surface area contributed by atoms with Gasteiger partial charge in [0.25, 0.3) is 0 Å². The highest BCUT2D eigenvalue weighted by molar-refractivity contribution is 5.76.